The summed E-state index contributed by atoms with van der Waals surface area (Å²) in [4.78, 5) is 25.3. The molecule has 2 rings (SSSR count). The van der Waals surface area contributed by atoms with Crippen molar-refractivity contribution in [2.24, 2.45) is 11.8 Å². The molecular weight excluding hydrogens is 273 g/mol. The molecule has 1 aliphatic heterocycles. The van der Waals surface area contributed by atoms with E-state index in [1.807, 2.05) is 6.92 Å². The topological polar surface area (TPSA) is 57.6 Å². The number of amides is 1. The molecule has 1 heterocycles. The zero-order valence-electron chi connectivity index (χ0n) is 12.3. The van der Waals surface area contributed by atoms with Crippen LogP contribution in [-0.4, -0.2) is 35.0 Å². The molecule has 3 atom stereocenters. The van der Waals surface area contributed by atoms with Crippen molar-refractivity contribution in [3.05, 3.63) is 35.6 Å². The van der Waals surface area contributed by atoms with E-state index in [0.29, 0.717) is 25.1 Å². The fourth-order valence-corrected chi connectivity index (χ4v) is 2.90. The van der Waals surface area contributed by atoms with Gasteiger partial charge >= 0.3 is 5.97 Å². The lowest BCUT2D eigenvalue weighted by molar-refractivity contribution is -0.148. The second-order valence-corrected chi connectivity index (χ2v) is 5.77. The first-order valence-electron chi connectivity index (χ1n) is 7.17. The lowest BCUT2D eigenvalue weighted by atomic mass is 9.86. The number of nitrogens with zero attached hydrogens (tertiary/aromatic N) is 1. The maximum Gasteiger partial charge on any atom is 0.306 e. The molecule has 0 aromatic heterocycles. The molecule has 0 bridgehead atoms. The van der Waals surface area contributed by atoms with Crippen LogP contribution < -0.4 is 0 Å². The number of carbonyl (C=O) groups is 2. The predicted octanol–water partition coefficient (Wildman–Crippen LogP) is 2.50. The third-order valence-electron chi connectivity index (χ3n) is 4.25. The number of carboxylic acid groups (broad SMARTS) is 1. The Bertz CT molecular complexity index is 546. The maximum absolute atomic E-state index is 13.2. The van der Waals surface area contributed by atoms with E-state index in [1.165, 1.54) is 12.1 Å². The molecule has 1 saturated heterocycles. The standard InChI is InChI=1S/C16H20FNO3/c1-10-9-18(7-6-14(10)16(20)21)15(19)11(2)12-4-3-5-13(17)8-12/h3-5,8,10-11,14H,6-7,9H2,1-2H3,(H,20,21). The van der Waals surface area contributed by atoms with Gasteiger partial charge in [0.05, 0.1) is 11.8 Å². The molecule has 1 N–H and O–H groups in total. The number of aliphatic carboxylic acids is 1. The van der Waals surface area contributed by atoms with Gasteiger partial charge in [-0.1, -0.05) is 19.1 Å². The van der Waals surface area contributed by atoms with Gasteiger partial charge in [-0.3, -0.25) is 9.59 Å². The van der Waals surface area contributed by atoms with Gasteiger partial charge in [-0.25, -0.2) is 4.39 Å². The van der Waals surface area contributed by atoms with Crippen LogP contribution in [-0.2, 0) is 9.59 Å². The summed E-state index contributed by atoms with van der Waals surface area (Å²) in [5.41, 5.74) is 0.646. The zero-order chi connectivity index (χ0) is 15.6. The predicted molar refractivity (Wildman–Crippen MR) is 76.3 cm³/mol. The Morgan fingerprint density at radius 3 is 2.71 bits per heavy atom. The average Bonchev–Trinajstić information content (AvgIpc) is 2.45. The normalized spacial score (nSPS) is 23.7. The number of benzene rings is 1. The molecule has 1 amide bonds. The largest absolute Gasteiger partial charge is 0.481 e. The summed E-state index contributed by atoms with van der Waals surface area (Å²) < 4.78 is 13.2. The van der Waals surface area contributed by atoms with Gasteiger partial charge in [0.15, 0.2) is 0 Å². The van der Waals surface area contributed by atoms with E-state index in [1.54, 1.807) is 24.0 Å². The summed E-state index contributed by atoms with van der Waals surface area (Å²) in [6, 6.07) is 6.05. The van der Waals surface area contributed by atoms with Crippen molar-refractivity contribution >= 4 is 11.9 Å². The highest BCUT2D eigenvalue weighted by Crippen LogP contribution is 2.27. The summed E-state index contributed by atoms with van der Waals surface area (Å²) in [6.45, 7) is 4.49. The van der Waals surface area contributed by atoms with Crippen molar-refractivity contribution in [3.8, 4) is 0 Å². The molecule has 0 spiro atoms. The highest BCUT2D eigenvalue weighted by molar-refractivity contribution is 5.83. The number of carbonyl (C=O) groups excluding carboxylic acids is 1. The number of hydrogen-bond donors (Lipinski definition) is 1. The molecule has 0 radical (unpaired) electrons. The van der Waals surface area contributed by atoms with Gasteiger partial charge in [-0.05, 0) is 37.0 Å². The maximum atomic E-state index is 13.2. The van der Waals surface area contributed by atoms with E-state index in [4.69, 9.17) is 5.11 Å². The van der Waals surface area contributed by atoms with E-state index in [-0.39, 0.29) is 17.6 Å². The first-order valence-corrected chi connectivity index (χ1v) is 7.17. The van der Waals surface area contributed by atoms with Crippen LogP contribution in [0.25, 0.3) is 0 Å². The lowest BCUT2D eigenvalue weighted by Crippen LogP contribution is -2.46. The van der Waals surface area contributed by atoms with Gasteiger partial charge in [0, 0.05) is 13.1 Å². The molecule has 4 nitrogen and oxygen atoms in total. The Morgan fingerprint density at radius 2 is 2.14 bits per heavy atom. The van der Waals surface area contributed by atoms with Crippen LogP contribution in [0.15, 0.2) is 24.3 Å². The van der Waals surface area contributed by atoms with Crippen molar-refractivity contribution in [2.75, 3.05) is 13.1 Å². The van der Waals surface area contributed by atoms with Crippen molar-refractivity contribution < 1.29 is 19.1 Å². The molecule has 1 aliphatic rings. The Hall–Kier alpha value is -1.91. The summed E-state index contributed by atoms with van der Waals surface area (Å²) in [5.74, 6) is -2.11. The second-order valence-electron chi connectivity index (χ2n) is 5.77. The molecule has 114 valence electrons. The van der Waals surface area contributed by atoms with Gasteiger partial charge in [0.1, 0.15) is 5.82 Å². The molecule has 1 aromatic rings. The van der Waals surface area contributed by atoms with Gasteiger partial charge in [-0.15, -0.1) is 0 Å². The Morgan fingerprint density at radius 1 is 1.43 bits per heavy atom. The third kappa shape index (κ3) is 3.40. The molecule has 1 fully saturated rings. The van der Waals surface area contributed by atoms with E-state index < -0.39 is 17.8 Å². The minimum absolute atomic E-state index is 0.0695. The summed E-state index contributed by atoms with van der Waals surface area (Å²) >= 11 is 0. The lowest BCUT2D eigenvalue weighted by Gasteiger charge is -2.36. The zero-order valence-corrected chi connectivity index (χ0v) is 12.3. The van der Waals surface area contributed by atoms with Gasteiger partial charge < -0.3 is 10.0 Å². The summed E-state index contributed by atoms with van der Waals surface area (Å²) in [5, 5.41) is 9.11. The van der Waals surface area contributed by atoms with Crippen LogP contribution in [0.3, 0.4) is 0 Å². The number of piperidine rings is 1. The highest BCUT2D eigenvalue weighted by Gasteiger charge is 2.34. The summed E-state index contributed by atoms with van der Waals surface area (Å²) in [6.07, 6.45) is 0.470. The van der Waals surface area contributed by atoms with Crippen LogP contribution >= 0.6 is 0 Å². The number of rotatable bonds is 3. The number of hydrogen-bond acceptors (Lipinski definition) is 2. The van der Waals surface area contributed by atoms with Gasteiger partial charge in [0.2, 0.25) is 5.91 Å². The van der Waals surface area contributed by atoms with Crippen LogP contribution in [0.2, 0.25) is 0 Å². The van der Waals surface area contributed by atoms with Crippen LogP contribution in [0.1, 0.15) is 31.7 Å². The molecular formula is C16H20FNO3. The Kier molecular flexibility index (Phi) is 4.60. The average molecular weight is 293 g/mol. The van der Waals surface area contributed by atoms with E-state index >= 15 is 0 Å². The molecule has 0 aliphatic carbocycles. The highest BCUT2D eigenvalue weighted by atomic mass is 19.1. The number of halogens is 1. The fourth-order valence-electron chi connectivity index (χ4n) is 2.90. The van der Waals surface area contributed by atoms with Crippen molar-refractivity contribution in [3.63, 3.8) is 0 Å². The molecule has 5 heteroatoms. The first kappa shape index (κ1) is 15.5. The number of likely N-dealkylation sites (tertiary alicyclic amines) is 1. The Balaban J connectivity index is 2.06. The molecule has 1 aromatic carbocycles. The minimum Gasteiger partial charge on any atom is -0.481 e. The number of carboxylic acids is 1. The van der Waals surface area contributed by atoms with Crippen molar-refractivity contribution in [2.45, 2.75) is 26.2 Å². The van der Waals surface area contributed by atoms with Gasteiger partial charge in [0.25, 0.3) is 0 Å². The van der Waals surface area contributed by atoms with Crippen molar-refractivity contribution in [1.29, 1.82) is 0 Å². The Labute approximate surface area is 123 Å². The molecule has 0 saturated carbocycles. The third-order valence-corrected chi connectivity index (χ3v) is 4.25. The van der Waals surface area contributed by atoms with Crippen LogP contribution in [0.4, 0.5) is 4.39 Å². The molecule has 21 heavy (non-hydrogen) atoms. The summed E-state index contributed by atoms with van der Waals surface area (Å²) in [7, 11) is 0. The van der Waals surface area contributed by atoms with Crippen LogP contribution in [0, 0.1) is 17.7 Å². The SMILES string of the molecule is CC(C(=O)N1CCC(C(=O)O)C(C)C1)c1cccc(F)c1. The first-order chi connectivity index (χ1) is 9.90. The van der Waals surface area contributed by atoms with Crippen LogP contribution in [0.5, 0.6) is 0 Å². The molecule has 3 unspecified atom stereocenters. The van der Waals surface area contributed by atoms with E-state index in [2.05, 4.69) is 0 Å². The monoisotopic (exact) mass is 293 g/mol. The smallest absolute Gasteiger partial charge is 0.306 e. The fraction of sp³-hybridized carbons (Fsp3) is 0.500. The van der Waals surface area contributed by atoms with E-state index in [0.717, 1.165) is 0 Å². The quantitative estimate of drug-likeness (QED) is 0.931. The van der Waals surface area contributed by atoms with Crippen molar-refractivity contribution in [1.82, 2.24) is 4.90 Å². The second kappa shape index (κ2) is 6.24. The van der Waals surface area contributed by atoms with Gasteiger partial charge in [-0.2, -0.15) is 0 Å². The minimum atomic E-state index is -0.798. The van der Waals surface area contributed by atoms with E-state index in [9.17, 15) is 14.0 Å².